The molecular formula is C50H101NO7P+. The lowest BCUT2D eigenvalue weighted by Gasteiger charge is -2.24. The number of allylic oxidation sites excluding steroid dienone is 1. The van der Waals surface area contributed by atoms with E-state index in [2.05, 4.69) is 13.8 Å². The number of carbonyl (C=O) groups is 1. The average Bonchev–Trinajstić information content (AvgIpc) is 3.19. The van der Waals surface area contributed by atoms with Gasteiger partial charge < -0.3 is 18.9 Å². The first-order valence-electron chi connectivity index (χ1n) is 25.5. The van der Waals surface area contributed by atoms with Crippen LogP contribution in [0.25, 0.3) is 0 Å². The molecule has 9 heteroatoms. The van der Waals surface area contributed by atoms with Crippen LogP contribution in [0, 0.1) is 0 Å². The number of esters is 1. The van der Waals surface area contributed by atoms with E-state index < -0.39 is 13.9 Å². The van der Waals surface area contributed by atoms with Gasteiger partial charge in [0.05, 0.1) is 34.0 Å². The van der Waals surface area contributed by atoms with Crippen molar-refractivity contribution in [3.8, 4) is 0 Å². The van der Waals surface area contributed by atoms with Gasteiger partial charge in [-0.15, -0.1) is 0 Å². The predicted molar refractivity (Wildman–Crippen MR) is 252 cm³/mol. The molecule has 59 heavy (non-hydrogen) atoms. The van der Waals surface area contributed by atoms with Crippen molar-refractivity contribution in [2.24, 2.45) is 0 Å². The third-order valence-electron chi connectivity index (χ3n) is 11.4. The smallest absolute Gasteiger partial charge is 0.472 e. The molecule has 1 N–H and O–H groups in total. The van der Waals surface area contributed by atoms with Crippen LogP contribution in [0.5, 0.6) is 0 Å². The van der Waals surface area contributed by atoms with E-state index in [9.17, 15) is 14.3 Å². The lowest BCUT2D eigenvalue weighted by molar-refractivity contribution is -0.870. The molecule has 0 aromatic heterocycles. The van der Waals surface area contributed by atoms with Crippen molar-refractivity contribution < 1.29 is 37.3 Å². The first kappa shape index (κ1) is 58.1. The number of hydrogen-bond acceptors (Lipinski definition) is 6. The van der Waals surface area contributed by atoms with E-state index in [1.807, 2.05) is 27.2 Å². The summed E-state index contributed by atoms with van der Waals surface area (Å²) in [5.74, 6) is -0.329. The quantitative estimate of drug-likeness (QED) is 0.0214. The Bertz CT molecular complexity index is 956. The second-order valence-corrected chi connectivity index (χ2v) is 20.1. The second kappa shape index (κ2) is 43.7. The third-order valence-corrected chi connectivity index (χ3v) is 12.4. The Balaban J connectivity index is 4.15. The molecule has 2 atom stereocenters. The van der Waals surface area contributed by atoms with E-state index in [0.29, 0.717) is 17.4 Å². The fourth-order valence-corrected chi connectivity index (χ4v) is 8.20. The fraction of sp³-hybridized carbons (Fsp3) is 0.940. The molecule has 0 aliphatic rings. The van der Waals surface area contributed by atoms with Crippen molar-refractivity contribution in [1.82, 2.24) is 0 Å². The molecule has 0 bridgehead atoms. The molecule has 0 saturated heterocycles. The van der Waals surface area contributed by atoms with Gasteiger partial charge in [0, 0.05) is 6.42 Å². The highest BCUT2D eigenvalue weighted by molar-refractivity contribution is 7.47. The van der Waals surface area contributed by atoms with Crippen LogP contribution in [0.3, 0.4) is 0 Å². The van der Waals surface area contributed by atoms with Crippen LogP contribution in [0.15, 0.2) is 12.3 Å². The summed E-state index contributed by atoms with van der Waals surface area (Å²) in [5, 5.41) is 0. The average molecular weight is 859 g/mol. The van der Waals surface area contributed by atoms with Gasteiger partial charge in [-0.3, -0.25) is 13.8 Å². The molecule has 0 rings (SSSR count). The molecule has 0 saturated carbocycles. The zero-order valence-corrected chi connectivity index (χ0v) is 40.9. The molecule has 8 nitrogen and oxygen atoms in total. The molecule has 0 spiro atoms. The van der Waals surface area contributed by atoms with E-state index in [1.54, 1.807) is 6.26 Å². The monoisotopic (exact) mass is 859 g/mol. The van der Waals surface area contributed by atoms with E-state index in [1.165, 1.54) is 199 Å². The maximum absolute atomic E-state index is 12.7. The summed E-state index contributed by atoms with van der Waals surface area (Å²) >= 11 is 0. The van der Waals surface area contributed by atoms with E-state index in [4.69, 9.17) is 18.5 Å². The Labute approximate surface area is 367 Å². The van der Waals surface area contributed by atoms with Crippen LogP contribution in [0.1, 0.15) is 251 Å². The van der Waals surface area contributed by atoms with Crippen molar-refractivity contribution in [2.75, 3.05) is 47.5 Å². The number of hydrogen-bond donors (Lipinski definition) is 1. The minimum atomic E-state index is -4.29. The zero-order valence-electron chi connectivity index (χ0n) is 40.0. The van der Waals surface area contributed by atoms with Crippen LogP contribution in [0.4, 0.5) is 0 Å². The Morgan fingerprint density at radius 3 is 1.25 bits per heavy atom. The number of quaternary nitrogens is 1. The number of unbranched alkanes of at least 4 members (excludes halogenated alkanes) is 34. The highest BCUT2D eigenvalue weighted by Gasteiger charge is 2.26. The van der Waals surface area contributed by atoms with Gasteiger partial charge in [0.15, 0.2) is 6.10 Å². The van der Waals surface area contributed by atoms with E-state index in [0.717, 1.165) is 32.1 Å². The molecule has 0 radical (unpaired) electrons. The standard InChI is InChI=1S/C50H100NO7P/c1-6-8-10-12-14-16-18-20-22-24-26-27-29-31-33-35-37-39-41-43-50(52)58-49(48-57-59(53,54)56-46-44-51(3,4)5)47-55-45-42-40-38-36-34-32-30-28-25-23-21-19-17-15-13-11-9-7-2/h42,45,49H,6-41,43-44,46-48H2,1-5H3/p+1/b45-42+/t49-/m1/s1. The van der Waals surface area contributed by atoms with Gasteiger partial charge in [-0.25, -0.2) is 4.57 Å². The van der Waals surface area contributed by atoms with Crippen molar-refractivity contribution in [2.45, 2.75) is 258 Å². The third kappa shape index (κ3) is 48.0. The molecule has 0 aromatic carbocycles. The summed E-state index contributed by atoms with van der Waals surface area (Å²) in [5.41, 5.74) is 0. The van der Waals surface area contributed by atoms with Gasteiger partial charge in [-0.2, -0.15) is 0 Å². The zero-order chi connectivity index (χ0) is 43.4. The summed E-state index contributed by atoms with van der Waals surface area (Å²) in [6.07, 6.45) is 50.6. The molecule has 0 amide bonds. The molecule has 1 unspecified atom stereocenters. The van der Waals surface area contributed by atoms with Crippen molar-refractivity contribution in [3.63, 3.8) is 0 Å². The summed E-state index contributed by atoms with van der Waals surface area (Å²) in [6, 6.07) is 0. The molecule has 0 heterocycles. The summed E-state index contributed by atoms with van der Waals surface area (Å²) in [4.78, 5) is 23.0. The second-order valence-electron chi connectivity index (χ2n) is 18.6. The Kier molecular flexibility index (Phi) is 43.0. The van der Waals surface area contributed by atoms with Crippen LogP contribution in [0.2, 0.25) is 0 Å². The normalized spacial score (nSPS) is 13.6. The Morgan fingerprint density at radius 2 is 0.881 bits per heavy atom. The van der Waals surface area contributed by atoms with Crippen LogP contribution >= 0.6 is 7.82 Å². The van der Waals surface area contributed by atoms with Gasteiger partial charge in [0.2, 0.25) is 0 Å². The number of ether oxygens (including phenoxy) is 2. The Morgan fingerprint density at radius 1 is 0.525 bits per heavy atom. The van der Waals surface area contributed by atoms with Gasteiger partial charge in [-0.1, -0.05) is 226 Å². The molecule has 0 aliphatic heterocycles. The van der Waals surface area contributed by atoms with Gasteiger partial charge in [-0.05, 0) is 25.3 Å². The molecule has 0 fully saturated rings. The lowest BCUT2D eigenvalue weighted by atomic mass is 10.0. The van der Waals surface area contributed by atoms with Crippen molar-refractivity contribution >= 4 is 13.8 Å². The van der Waals surface area contributed by atoms with Gasteiger partial charge in [0.1, 0.15) is 19.8 Å². The summed E-state index contributed by atoms with van der Waals surface area (Å²) < 4.78 is 34.9. The first-order valence-corrected chi connectivity index (χ1v) is 27.0. The van der Waals surface area contributed by atoms with Crippen LogP contribution < -0.4 is 0 Å². The maximum Gasteiger partial charge on any atom is 0.472 e. The highest BCUT2D eigenvalue weighted by atomic mass is 31.2. The van der Waals surface area contributed by atoms with Crippen molar-refractivity contribution in [1.29, 1.82) is 0 Å². The molecular weight excluding hydrogens is 758 g/mol. The fourth-order valence-electron chi connectivity index (χ4n) is 7.46. The summed E-state index contributed by atoms with van der Waals surface area (Å²) in [6.45, 7) is 4.99. The highest BCUT2D eigenvalue weighted by Crippen LogP contribution is 2.43. The lowest BCUT2D eigenvalue weighted by Crippen LogP contribution is -2.37. The molecule has 0 aromatic rings. The number of nitrogens with zero attached hydrogens (tertiary/aromatic N) is 1. The topological polar surface area (TPSA) is 91.3 Å². The first-order chi connectivity index (χ1) is 28.6. The molecule has 352 valence electrons. The Hall–Kier alpha value is -0.920. The number of rotatable bonds is 48. The SMILES string of the molecule is CCCCCCCCCCCCCCCCCC/C=C/OC[C@H](COP(=O)(O)OCC[N+](C)(C)C)OC(=O)CCCCCCCCCCCCCCCCCCCCC. The predicted octanol–water partition coefficient (Wildman–Crippen LogP) is 15.7. The summed E-state index contributed by atoms with van der Waals surface area (Å²) in [7, 11) is 1.65. The number of phosphoric ester groups is 1. The maximum atomic E-state index is 12.7. The van der Waals surface area contributed by atoms with Crippen molar-refractivity contribution in [3.05, 3.63) is 12.3 Å². The number of likely N-dealkylation sites (N-methyl/N-ethyl adjacent to an activating group) is 1. The molecule has 0 aliphatic carbocycles. The van der Waals surface area contributed by atoms with Crippen LogP contribution in [-0.4, -0.2) is 69.0 Å². The minimum Gasteiger partial charge on any atom is -0.498 e. The van der Waals surface area contributed by atoms with Crippen LogP contribution in [-0.2, 0) is 27.9 Å². The number of carbonyl (C=O) groups excluding carboxylic acids is 1. The van der Waals surface area contributed by atoms with Gasteiger partial charge in [0.25, 0.3) is 0 Å². The minimum absolute atomic E-state index is 0.0548. The number of phosphoric acid groups is 1. The largest absolute Gasteiger partial charge is 0.498 e. The van der Waals surface area contributed by atoms with E-state index in [-0.39, 0.29) is 25.8 Å². The van der Waals surface area contributed by atoms with E-state index >= 15 is 0 Å². The van der Waals surface area contributed by atoms with Gasteiger partial charge >= 0.3 is 13.8 Å².